The van der Waals surface area contributed by atoms with Gasteiger partial charge in [0, 0.05) is 18.6 Å². The van der Waals surface area contributed by atoms with Crippen LogP contribution in [-0.2, 0) is 0 Å². The Morgan fingerprint density at radius 1 is 1.15 bits per heavy atom. The van der Waals surface area contributed by atoms with Crippen LogP contribution in [0.4, 0.5) is 0 Å². The van der Waals surface area contributed by atoms with Crippen molar-refractivity contribution in [3.05, 3.63) is 0 Å². The minimum absolute atomic E-state index is 0.724. The van der Waals surface area contributed by atoms with Crippen molar-refractivity contribution < 1.29 is 0 Å². The molecule has 4 atom stereocenters. The molecule has 0 aromatic carbocycles. The maximum Gasteiger partial charge on any atom is 0.0108 e. The minimum atomic E-state index is 0.724. The Balaban J connectivity index is 2.59. The van der Waals surface area contributed by atoms with E-state index in [-0.39, 0.29) is 0 Å². The maximum absolute atomic E-state index is 3.74. The normalized spacial score (nSPS) is 29.1. The highest BCUT2D eigenvalue weighted by atomic mass is 15.1. The van der Waals surface area contributed by atoms with Gasteiger partial charge in [0.25, 0.3) is 0 Å². The van der Waals surface area contributed by atoms with E-state index in [1.807, 2.05) is 0 Å². The number of nitrogens with one attached hydrogen (secondary N) is 1. The molecule has 0 bridgehead atoms. The topological polar surface area (TPSA) is 15.3 Å². The van der Waals surface area contributed by atoms with Gasteiger partial charge in [0.05, 0.1) is 0 Å². The molecule has 2 nitrogen and oxygen atoms in total. The van der Waals surface area contributed by atoms with E-state index in [1.54, 1.807) is 0 Å². The largest absolute Gasteiger partial charge is 0.314 e. The van der Waals surface area contributed by atoms with Crippen LogP contribution < -0.4 is 5.32 Å². The molecule has 1 rings (SSSR count). The van der Waals surface area contributed by atoms with Gasteiger partial charge in [-0.2, -0.15) is 0 Å². The Morgan fingerprint density at radius 3 is 2.40 bits per heavy atom. The highest BCUT2D eigenvalue weighted by Gasteiger charge is 2.32. The highest BCUT2D eigenvalue weighted by Crippen LogP contribution is 2.34. The Bertz CT molecular complexity index is 252. The first-order valence-corrected chi connectivity index (χ1v) is 8.93. The molecule has 4 unspecified atom stereocenters. The second kappa shape index (κ2) is 9.04. The summed E-state index contributed by atoms with van der Waals surface area (Å²) in [4.78, 5) is 2.60. The molecule has 2 heteroatoms. The summed E-state index contributed by atoms with van der Waals surface area (Å²) >= 11 is 0. The van der Waals surface area contributed by atoms with Crippen LogP contribution >= 0.6 is 0 Å². The second-order valence-corrected chi connectivity index (χ2v) is 7.32. The lowest BCUT2D eigenvalue weighted by Crippen LogP contribution is -2.47. The fraction of sp³-hybridized carbons (Fsp3) is 1.00. The number of rotatable bonds is 8. The van der Waals surface area contributed by atoms with Crippen LogP contribution in [0, 0.1) is 17.8 Å². The van der Waals surface area contributed by atoms with E-state index in [2.05, 4.69) is 51.9 Å². The van der Waals surface area contributed by atoms with Gasteiger partial charge in [-0.1, -0.05) is 34.1 Å². The zero-order chi connectivity index (χ0) is 15.1. The fourth-order valence-corrected chi connectivity index (χ4v) is 3.83. The lowest BCUT2D eigenvalue weighted by atomic mass is 9.73. The Labute approximate surface area is 127 Å². The predicted molar refractivity (Wildman–Crippen MR) is 90.1 cm³/mol. The van der Waals surface area contributed by atoms with Crippen LogP contribution in [0.3, 0.4) is 0 Å². The van der Waals surface area contributed by atoms with E-state index in [0.717, 1.165) is 36.4 Å². The molecular formula is C18H38N2. The summed E-state index contributed by atoms with van der Waals surface area (Å²) in [5.41, 5.74) is 0. The van der Waals surface area contributed by atoms with Crippen LogP contribution in [-0.4, -0.2) is 37.1 Å². The molecule has 0 heterocycles. The highest BCUT2D eigenvalue weighted by molar-refractivity contribution is 4.87. The van der Waals surface area contributed by atoms with Crippen LogP contribution in [0.5, 0.6) is 0 Å². The van der Waals surface area contributed by atoms with Crippen molar-refractivity contribution in [3.63, 3.8) is 0 Å². The molecule has 0 aliphatic heterocycles. The monoisotopic (exact) mass is 282 g/mol. The van der Waals surface area contributed by atoms with E-state index >= 15 is 0 Å². The quantitative estimate of drug-likeness (QED) is 0.719. The molecule has 0 radical (unpaired) electrons. The summed E-state index contributed by atoms with van der Waals surface area (Å²) in [6.45, 7) is 14.1. The fourth-order valence-electron chi connectivity index (χ4n) is 3.83. The maximum atomic E-state index is 3.74. The molecule has 0 amide bonds. The molecule has 0 spiro atoms. The van der Waals surface area contributed by atoms with Crippen LogP contribution in [0.15, 0.2) is 0 Å². The molecular weight excluding hydrogens is 244 g/mol. The van der Waals surface area contributed by atoms with Crippen molar-refractivity contribution in [2.24, 2.45) is 17.8 Å². The summed E-state index contributed by atoms with van der Waals surface area (Å²) < 4.78 is 0. The second-order valence-electron chi connectivity index (χ2n) is 7.32. The van der Waals surface area contributed by atoms with Gasteiger partial charge in [0.2, 0.25) is 0 Å². The summed E-state index contributed by atoms with van der Waals surface area (Å²) in [6.07, 6.45) is 6.82. The molecule has 1 saturated carbocycles. The van der Waals surface area contributed by atoms with Crippen LogP contribution in [0.2, 0.25) is 0 Å². The van der Waals surface area contributed by atoms with E-state index in [4.69, 9.17) is 0 Å². The average Bonchev–Trinajstić information content (AvgIpc) is 2.40. The van der Waals surface area contributed by atoms with Crippen LogP contribution in [0.25, 0.3) is 0 Å². The van der Waals surface area contributed by atoms with Crippen LogP contribution in [0.1, 0.15) is 66.7 Å². The zero-order valence-corrected chi connectivity index (χ0v) is 14.8. The van der Waals surface area contributed by atoms with Crippen molar-refractivity contribution in [1.29, 1.82) is 0 Å². The Hall–Kier alpha value is -0.0800. The van der Waals surface area contributed by atoms with E-state index in [0.29, 0.717) is 0 Å². The van der Waals surface area contributed by atoms with Gasteiger partial charge < -0.3 is 10.2 Å². The number of hydrogen-bond donors (Lipinski definition) is 1. The Kier molecular flexibility index (Phi) is 8.13. The first-order valence-electron chi connectivity index (χ1n) is 8.93. The molecule has 1 aliphatic rings. The summed E-state index contributed by atoms with van der Waals surface area (Å²) in [6, 6.07) is 1.47. The molecule has 0 aromatic heterocycles. The van der Waals surface area contributed by atoms with Gasteiger partial charge in [-0.05, 0) is 64.0 Å². The third-order valence-electron chi connectivity index (χ3n) is 5.41. The van der Waals surface area contributed by atoms with E-state index < -0.39 is 0 Å². The van der Waals surface area contributed by atoms with Crippen molar-refractivity contribution >= 4 is 0 Å². The summed E-state index contributed by atoms with van der Waals surface area (Å²) in [5, 5.41) is 3.74. The minimum Gasteiger partial charge on any atom is -0.314 e. The lowest BCUT2D eigenvalue weighted by molar-refractivity contribution is 0.115. The van der Waals surface area contributed by atoms with Gasteiger partial charge in [0.1, 0.15) is 0 Å². The summed E-state index contributed by atoms with van der Waals surface area (Å²) in [7, 11) is 2.32. The number of hydrogen-bond acceptors (Lipinski definition) is 2. The first-order chi connectivity index (χ1) is 9.49. The van der Waals surface area contributed by atoms with Crippen molar-refractivity contribution in [2.75, 3.05) is 20.1 Å². The predicted octanol–water partition coefficient (Wildman–Crippen LogP) is 4.16. The molecule has 120 valence electrons. The lowest BCUT2D eigenvalue weighted by Gasteiger charge is -2.41. The zero-order valence-electron chi connectivity index (χ0n) is 14.8. The molecule has 20 heavy (non-hydrogen) atoms. The summed E-state index contributed by atoms with van der Waals surface area (Å²) in [5.74, 6) is 2.61. The van der Waals surface area contributed by atoms with Crippen molar-refractivity contribution in [3.8, 4) is 0 Å². The van der Waals surface area contributed by atoms with E-state index in [9.17, 15) is 0 Å². The smallest absolute Gasteiger partial charge is 0.0108 e. The molecule has 1 fully saturated rings. The average molecular weight is 283 g/mol. The third-order valence-corrected chi connectivity index (χ3v) is 5.41. The molecule has 1 aliphatic carbocycles. The van der Waals surface area contributed by atoms with Gasteiger partial charge in [0.15, 0.2) is 0 Å². The van der Waals surface area contributed by atoms with Crippen molar-refractivity contribution in [2.45, 2.75) is 78.8 Å². The molecule has 0 saturated heterocycles. The van der Waals surface area contributed by atoms with Gasteiger partial charge >= 0.3 is 0 Å². The Morgan fingerprint density at radius 2 is 1.85 bits per heavy atom. The molecule has 1 N–H and O–H groups in total. The SMILES string of the molecule is CCCC(C)N(C)CC1CC(C(C)C)CCC1NCC. The first kappa shape index (κ1) is 18.0. The van der Waals surface area contributed by atoms with E-state index in [1.165, 1.54) is 38.6 Å². The number of nitrogens with zero attached hydrogens (tertiary/aromatic N) is 1. The standard InChI is InChI=1S/C18H38N2/c1-7-9-15(5)20(6)13-17-12-16(14(3)4)10-11-18(17)19-8-2/h14-19H,7-13H2,1-6H3. The molecule has 0 aromatic rings. The third kappa shape index (κ3) is 5.37. The van der Waals surface area contributed by atoms with Gasteiger partial charge in [-0.3, -0.25) is 0 Å². The van der Waals surface area contributed by atoms with Crippen molar-refractivity contribution in [1.82, 2.24) is 10.2 Å². The van der Waals surface area contributed by atoms with Gasteiger partial charge in [-0.25, -0.2) is 0 Å². The van der Waals surface area contributed by atoms with Gasteiger partial charge in [-0.15, -0.1) is 0 Å².